The Morgan fingerprint density at radius 2 is 1.22 bits per heavy atom. The molecule has 3 N–H and O–H groups in total. The number of aryl methyl sites for hydroxylation is 1. The molecule has 0 spiro atoms. The predicted molar refractivity (Wildman–Crippen MR) is 131 cm³/mol. The zero-order chi connectivity index (χ0) is 24.2. The quantitative estimate of drug-likeness (QED) is 0.507. The van der Waals surface area contributed by atoms with Crippen LogP contribution in [0.5, 0.6) is 0 Å². The Hall–Kier alpha value is -1.72. The van der Waals surface area contributed by atoms with Crippen LogP contribution in [0.2, 0.25) is 0 Å². The molecule has 1 atom stereocenters. The standard InChI is InChI=1S/C28H42O4/c1-8-20-14-22(26(2,3)4)24(23(15-20)27(5,6)7)25(28(17-29,18-30)19-31)32-16-21-12-10-9-11-13-21/h9-15,25,29-31H,8,16-19H2,1-7H3. The van der Waals surface area contributed by atoms with Crippen molar-refractivity contribution in [1.29, 1.82) is 0 Å². The van der Waals surface area contributed by atoms with E-state index in [4.69, 9.17) is 4.74 Å². The Morgan fingerprint density at radius 1 is 0.750 bits per heavy atom. The summed E-state index contributed by atoms with van der Waals surface area (Å²) < 4.78 is 6.52. The molecule has 178 valence electrons. The van der Waals surface area contributed by atoms with E-state index in [9.17, 15) is 15.3 Å². The monoisotopic (exact) mass is 442 g/mol. The van der Waals surface area contributed by atoms with Gasteiger partial charge in [-0.05, 0) is 45.1 Å². The molecule has 0 amide bonds. The van der Waals surface area contributed by atoms with Crippen molar-refractivity contribution in [2.45, 2.75) is 78.4 Å². The summed E-state index contributed by atoms with van der Waals surface area (Å²) in [4.78, 5) is 0. The lowest BCUT2D eigenvalue weighted by Crippen LogP contribution is -2.43. The van der Waals surface area contributed by atoms with Gasteiger partial charge in [0.1, 0.15) is 0 Å². The summed E-state index contributed by atoms with van der Waals surface area (Å²) in [5.41, 5.74) is 3.85. The summed E-state index contributed by atoms with van der Waals surface area (Å²) in [5, 5.41) is 31.2. The van der Waals surface area contributed by atoms with Gasteiger partial charge in [-0.15, -0.1) is 0 Å². The number of hydrogen-bond donors (Lipinski definition) is 3. The number of hydrogen-bond acceptors (Lipinski definition) is 4. The lowest BCUT2D eigenvalue weighted by atomic mass is 9.69. The van der Waals surface area contributed by atoms with Crippen LogP contribution in [0.15, 0.2) is 42.5 Å². The molecular weight excluding hydrogens is 400 g/mol. The molecule has 0 aliphatic rings. The van der Waals surface area contributed by atoms with Gasteiger partial charge in [0.15, 0.2) is 0 Å². The van der Waals surface area contributed by atoms with E-state index in [1.165, 1.54) is 5.56 Å². The van der Waals surface area contributed by atoms with E-state index in [1.54, 1.807) is 0 Å². The number of benzene rings is 2. The Morgan fingerprint density at radius 3 is 1.59 bits per heavy atom. The summed E-state index contributed by atoms with van der Waals surface area (Å²) in [5.74, 6) is 0. The van der Waals surface area contributed by atoms with Crippen LogP contribution in [0.25, 0.3) is 0 Å². The van der Waals surface area contributed by atoms with Gasteiger partial charge in [0.2, 0.25) is 0 Å². The summed E-state index contributed by atoms with van der Waals surface area (Å²) in [6.45, 7) is 14.3. The summed E-state index contributed by atoms with van der Waals surface area (Å²) >= 11 is 0. The Balaban J connectivity index is 2.83. The Labute approximate surface area is 194 Å². The first kappa shape index (κ1) is 26.5. The maximum atomic E-state index is 10.4. The zero-order valence-electron chi connectivity index (χ0n) is 20.9. The van der Waals surface area contributed by atoms with E-state index in [-0.39, 0.29) is 30.7 Å². The normalized spacial score (nSPS) is 13.9. The topological polar surface area (TPSA) is 69.9 Å². The third-order valence-corrected chi connectivity index (χ3v) is 6.29. The molecule has 4 nitrogen and oxygen atoms in total. The van der Waals surface area contributed by atoms with E-state index in [0.29, 0.717) is 6.61 Å². The molecule has 2 aromatic rings. The fourth-order valence-electron chi connectivity index (χ4n) is 4.16. The fraction of sp³-hybridized carbons (Fsp3) is 0.571. The average Bonchev–Trinajstić information content (AvgIpc) is 2.75. The van der Waals surface area contributed by atoms with Gasteiger partial charge in [0.25, 0.3) is 0 Å². The van der Waals surface area contributed by atoms with Crippen molar-refractivity contribution in [2.75, 3.05) is 19.8 Å². The fourth-order valence-corrected chi connectivity index (χ4v) is 4.16. The third kappa shape index (κ3) is 5.79. The zero-order valence-corrected chi connectivity index (χ0v) is 20.9. The maximum Gasteiger partial charge on any atom is 0.0957 e. The molecule has 0 bridgehead atoms. The van der Waals surface area contributed by atoms with Gasteiger partial charge in [0.05, 0.1) is 37.9 Å². The van der Waals surface area contributed by atoms with Crippen LogP contribution < -0.4 is 0 Å². The molecule has 0 aliphatic heterocycles. The number of aliphatic hydroxyl groups is 3. The molecule has 0 aliphatic carbocycles. The van der Waals surface area contributed by atoms with Crippen LogP contribution in [0.3, 0.4) is 0 Å². The van der Waals surface area contributed by atoms with Gasteiger partial charge in [-0.1, -0.05) is 90.9 Å². The molecule has 0 fully saturated rings. The van der Waals surface area contributed by atoms with Gasteiger partial charge < -0.3 is 20.1 Å². The van der Waals surface area contributed by atoms with Gasteiger partial charge in [-0.25, -0.2) is 0 Å². The number of ether oxygens (including phenoxy) is 1. The van der Waals surface area contributed by atoms with E-state index in [0.717, 1.165) is 28.7 Å². The van der Waals surface area contributed by atoms with Gasteiger partial charge in [-0.2, -0.15) is 0 Å². The maximum absolute atomic E-state index is 10.4. The molecule has 32 heavy (non-hydrogen) atoms. The van der Waals surface area contributed by atoms with E-state index >= 15 is 0 Å². The third-order valence-electron chi connectivity index (χ3n) is 6.29. The van der Waals surface area contributed by atoms with Crippen molar-refractivity contribution in [3.05, 3.63) is 70.3 Å². The molecule has 2 rings (SSSR count). The smallest absolute Gasteiger partial charge is 0.0957 e. The molecule has 2 aromatic carbocycles. The highest BCUT2D eigenvalue weighted by Gasteiger charge is 2.44. The van der Waals surface area contributed by atoms with Crippen molar-refractivity contribution in [3.63, 3.8) is 0 Å². The van der Waals surface area contributed by atoms with Crippen LogP contribution >= 0.6 is 0 Å². The van der Waals surface area contributed by atoms with Crippen LogP contribution in [-0.4, -0.2) is 35.1 Å². The minimum Gasteiger partial charge on any atom is -0.395 e. The van der Waals surface area contributed by atoms with Crippen molar-refractivity contribution in [1.82, 2.24) is 0 Å². The van der Waals surface area contributed by atoms with Crippen LogP contribution in [0.4, 0.5) is 0 Å². The van der Waals surface area contributed by atoms with E-state index < -0.39 is 11.5 Å². The second kappa shape index (κ2) is 10.5. The highest BCUT2D eigenvalue weighted by Crippen LogP contribution is 2.46. The largest absolute Gasteiger partial charge is 0.395 e. The average molecular weight is 443 g/mol. The molecule has 0 radical (unpaired) electrons. The van der Waals surface area contributed by atoms with E-state index in [1.807, 2.05) is 30.3 Å². The van der Waals surface area contributed by atoms with Crippen molar-refractivity contribution in [3.8, 4) is 0 Å². The molecule has 0 aromatic heterocycles. The van der Waals surface area contributed by atoms with E-state index in [2.05, 4.69) is 60.6 Å². The number of rotatable bonds is 9. The lowest BCUT2D eigenvalue weighted by molar-refractivity contribution is -0.123. The summed E-state index contributed by atoms with van der Waals surface area (Å²) in [6.07, 6.45) is 0.227. The van der Waals surface area contributed by atoms with Crippen molar-refractivity contribution >= 4 is 0 Å². The molecule has 0 heterocycles. The van der Waals surface area contributed by atoms with Crippen LogP contribution in [-0.2, 0) is 28.6 Å². The molecule has 0 saturated carbocycles. The predicted octanol–water partition coefficient (Wildman–Crippen LogP) is 5.07. The second-order valence-electron chi connectivity index (χ2n) is 11.0. The minimum atomic E-state index is -1.22. The minimum absolute atomic E-state index is 0.193. The molecule has 4 heteroatoms. The first-order chi connectivity index (χ1) is 14.9. The highest BCUT2D eigenvalue weighted by atomic mass is 16.5. The lowest BCUT2D eigenvalue weighted by Gasteiger charge is -2.42. The Kier molecular flexibility index (Phi) is 8.69. The first-order valence-corrected chi connectivity index (χ1v) is 11.6. The van der Waals surface area contributed by atoms with Gasteiger partial charge in [-0.3, -0.25) is 0 Å². The summed E-state index contributed by atoms with van der Waals surface area (Å²) in [6, 6.07) is 14.3. The molecule has 0 saturated heterocycles. The van der Waals surface area contributed by atoms with Crippen LogP contribution in [0, 0.1) is 5.41 Å². The van der Waals surface area contributed by atoms with Crippen molar-refractivity contribution in [2.24, 2.45) is 5.41 Å². The summed E-state index contributed by atoms with van der Waals surface area (Å²) in [7, 11) is 0. The van der Waals surface area contributed by atoms with Crippen LogP contribution in [0.1, 0.15) is 82.4 Å². The molecular formula is C28H42O4. The second-order valence-corrected chi connectivity index (χ2v) is 11.0. The first-order valence-electron chi connectivity index (χ1n) is 11.6. The van der Waals surface area contributed by atoms with Gasteiger partial charge >= 0.3 is 0 Å². The number of aliphatic hydroxyl groups excluding tert-OH is 3. The molecule has 1 unspecified atom stereocenters. The van der Waals surface area contributed by atoms with Gasteiger partial charge in [0, 0.05) is 0 Å². The highest BCUT2D eigenvalue weighted by molar-refractivity contribution is 5.48. The Bertz CT molecular complexity index is 812. The SMILES string of the molecule is CCc1cc(C(C)(C)C)c(C(OCc2ccccc2)C(CO)(CO)CO)c(C(C)(C)C)c1. The van der Waals surface area contributed by atoms with Crippen molar-refractivity contribution < 1.29 is 20.1 Å².